The Labute approximate surface area is 99.7 Å². The summed E-state index contributed by atoms with van der Waals surface area (Å²) in [5.41, 5.74) is 0.813. The Bertz CT molecular complexity index is 334. The Hall–Kier alpha value is -0.940. The van der Waals surface area contributed by atoms with Crippen LogP contribution in [0.1, 0.15) is 42.2 Å². The third kappa shape index (κ3) is 3.90. The zero-order valence-electron chi connectivity index (χ0n) is 9.69. The molecule has 5 heteroatoms. The lowest BCUT2D eigenvalue weighted by atomic mass is 10.0. The smallest absolute Gasteiger partial charge is 0.365 e. The summed E-state index contributed by atoms with van der Waals surface area (Å²) in [6, 6.07) is 0. The number of carboxylic acid groups (broad SMARTS) is 1. The van der Waals surface area contributed by atoms with Gasteiger partial charge in [-0.1, -0.05) is 26.7 Å². The second-order valence-corrected chi connectivity index (χ2v) is 4.62. The first-order valence-electron chi connectivity index (χ1n) is 5.55. The molecule has 0 saturated heterocycles. The van der Waals surface area contributed by atoms with Crippen molar-refractivity contribution in [1.29, 1.82) is 0 Å². The van der Waals surface area contributed by atoms with Crippen molar-refractivity contribution < 1.29 is 9.90 Å². The fraction of sp³-hybridized carbons (Fsp3) is 0.636. The molecule has 0 aliphatic rings. The van der Waals surface area contributed by atoms with Gasteiger partial charge in [0.25, 0.3) is 0 Å². The first-order valence-corrected chi connectivity index (χ1v) is 6.43. The van der Waals surface area contributed by atoms with Crippen LogP contribution in [-0.4, -0.2) is 22.6 Å². The van der Waals surface area contributed by atoms with Crippen LogP contribution >= 0.6 is 11.3 Å². The van der Waals surface area contributed by atoms with Crippen molar-refractivity contribution in [2.45, 2.75) is 33.2 Å². The molecule has 0 aromatic carbocycles. The van der Waals surface area contributed by atoms with Gasteiger partial charge in [-0.15, -0.1) is 11.3 Å². The molecule has 1 heterocycles. The molecule has 0 saturated carbocycles. The number of carbonyl (C=O) groups is 1. The van der Waals surface area contributed by atoms with Gasteiger partial charge >= 0.3 is 5.97 Å². The van der Waals surface area contributed by atoms with Crippen LogP contribution in [0.15, 0.2) is 5.38 Å². The highest BCUT2D eigenvalue weighted by atomic mass is 32.1. The van der Waals surface area contributed by atoms with Gasteiger partial charge in [-0.25, -0.2) is 9.78 Å². The summed E-state index contributed by atoms with van der Waals surface area (Å²) in [7, 11) is 0. The molecule has 1 rings (SSSR count). The summed E-state index contributed by atoms with van der Waals surface area (Å²) in [6.07, 6.45) is 2.34. The third-order valence-electron chi connectivity index (χ3n) is 2.63. The van der Waals surface area contributed by atoms with E-state index in [2.05, 4.69) is 24.1 Å². The number of hydrogen-bond acceptors (Lipinski definition) is 4. The van der Waals surface area contributed by atoms with E-state index in [4.69, 9.17) is 5.11 Å². The minimum atomic E-state index is -0.948. The molecule has 1 aromatic heterocycles. The number of hydrogen-bond donors (Lipinski definition) is 2. The summed E-state index contributed by atoms with van der Waals surface area (Å²) in [5.74, 6) is -0.256. The number of rotatable bonds is 7. The molecule has 2 N–H and O–H groups in total. The van der Waals surface area contributed by atoms with Crippen molar-refractivity contribution in [3.05, 3.63) is 16.1 Å². The van der Waals surface area contributed by atoms with Crippen LogP contribution in [0.4, 0.5) is 0 Å². The van der Waals surface area contributed by atoms with Gasteiger partial charge in [0.05, 0.1) is 5.69 Å². The van der Waals surface area contributed by atoms with Crippen LogP contribution in [0.5, 0.6) is 0 Å². The summed E-state index contributed by atoms with van der Waals surface area (Å²) in [5, 5.41) is 14.0. The first kappa shape index (κ1) is 13.1. The predicted octanol–water partition coefficient (Wildman–Crippen LogP) is 2.37. The van der Waals surface area contributed by atoms with Crippen molar-refractivity contribution in [2.24, 2.45) is 5.92 Å². The van der Waals surface area contributed by atoms with Gasteiger partial charge in [-0.05, 0) is 12.5 Å². The Balaban J connectivity index is 2.34. The molecule has 0 unspecified atom stereocenters. The van der Waals surface area contributed by atoms with Crippen molar-refractivity contribution in [3.8, 4) is 0 Å². The maximum absolute atomic E-state index is 10.6. The Morgan fingerprint density at radius 2 is 2.25 bits per heavy atom. The highest BCUT2D eigenvalue weighted by Gasteiger charge is 2.09. The van der Waals surface area contributed by atoms with Crippen LogP contribution in [0.3, 0.4) is 0 Å². The van der Waals surface area contributed by atoms with E-state index in [0.717, 1.165) is 12.2 Å². The molecule has 0 aliphatic heterocycles. The zero-order valence-corrected chi connectivity index (χ0v) is 10.5. The largest absolute Gasteiger partial charge is 0.476 e. The van der Waals surface area contributed by atoms with Gasteiger partial charge in [0.15, 0.2) is 0 Å². The number of nitrogens with one attached hydrogen (secondary N) is 1. The summed E-state index contributed by atoms with van der Waals surface area (Å²) < 4.78 is 0. The van der Waals surface area contributed by atoms with Crippen LogP contribution < -0.4 is 5.32 Å². The zero-order chi connectivity index (χ0) is 12.0. The fourth-order valence-corrected chi connectivity index (χ4v) is 2.12. The lowest BCUT2D eigenvalue weighted by Gasteiger charge is -2.12. The molecule has 16 heavy (non-hydrogen) atoms. The normalized spacial score (nSPS) is 10.9. The number of nitrogens with zero attached hydrogens (tertiary/aromatic N) is 1. The molecular formula is C11H18N2O2S. The van der Waals surface area contributed by atoms with Crippen LogP contribution in [0.25, 0.3) is 0 Å². The summed E-state index contributed by atoms with van der Waals surface area (Å²) >= 11 is 1.18. The minimum absolute atomic E-state index is 0.166. The molecule has 0 atom stereocenters. The van der Waals surface area contributed by atoms with Crippen molar-refractivity contribution in [3.63, 3.8) is 0 Å². The molecule has 0 fully saturated rings. The van der Waals surface area contributed by atoms with Gasteiger partial charge in [0.1, 0.15) is 0 Å². The molecule has 0 amide bonds. The maximum Gasteiger partial charge on any atom is 0.365 e. The Morgan fingerprint density at radius 1 is 1.56 bits per heavy atom. The van der Waals surface area contributed by atoms with E-state index in [1.165, 1.54) is 24.2 Å². The van der Waals surface area contributed by atoms with Crippen LogP contribution in [0.2, 0.25) is 0 Å². The molecule has 0 radical (unpaired) electrons. The minimum Gasteiger partial charge on any atom is -0.476 e. The quantitative estimate of drug-likeness (QED) is 0.770. The number of carboxylic acids is 1. The molecule has 1 aromatic rings. The lowest BCUT2D eigenvalue weighted by Crippen LogP contribution is -2.21. The predicted molar refractivity (Wildman–Crippen MR) is 64.9 cm³/mol. The molecule has 0 spiro atoms. The highest BCUT2D eigenvalue weighted by Crippen LogP contribution is 2.10. The average Bonchev–Trinajstić information content (AvgIpc) is 2.73. The van der Waals surface area contributed by atoms with Crippen molar-refractivity contribution >= 4 is 17.3 Å². The van der Waals surface area contributed by atoms with E-state index in [0.29, 0.717) is 12.5 Å². The monoisotopic (exact) mass is 242 g/mol. The van der Waals surface area contributed by atoms with E-state index in [1.807, 2.05) is 0 Å². The Morgan fingerprint density at radius 3 is 2.75 bits per heavy atom. The lowest BCUT2D eigenvalue weighted by molar-refractivity contribution is 0.0696. The molecule has 4 nitrogen and oxygen atoms in total. The standard InChI is InChI=1S/C11H18N2O2S/c1-3-8(4-2)5-12-6-9-7-16-10(13-9)11(14)15/h7-8,12H,3-6H2,1-2H3,(H,14,15). The SMILES string of the molecule is CCC(CC)CNCc1csc(C(=O)O)n1. The number of thiazole rings is 1. The third-order valence-corrected chi connectivity index (χ3v) is 3.51. The van der Waals surface area contributed by atoms with Gasteiger partial charge in [-0.2, -0.15) is 0 Å². The van der Waals surface area contributed by atoms with Gasteiger partial charge in [0, 0.05) is 11.9 Å². The molecule has 90 valence electrons. The van der Waals surface area contributed by atoms with E-state index in [9.17, 15) is 4.79 Å². The summed E-state index contributed by atoms with van der Waals surface area (Å²) in [6.45, 7) is 5.98. The summed E-state index contributed by atoms with van der Waals surface area (Å²) in [4.78, 5) is 14.6. The van der Waals surface area contributed by atoms with Crippen molar-refractivity contribution in [2.75, 3.05) is 6.54 Å². The maximum atomic E-state index is 10.6. The van der Waals surface area contributed by atoms with Gasteiger partial charge in [-0.3, -0.25) is 0 Å². The average molecular weight is 242 g/mol. The second-order valence-electron chi connectivity index (χ2n) is 3.76. The highest BCUT2D eigenvalue weighted by molar-refractivity contribution is 7.11. The fourth-order valence-electron chi connectivity index (χ4n) is 1.47. The van der Waals surface area contributed by atoms with E-state index >= 15 is 0 Å². The number of aromatic carboxylic acids is 1. The van der Waals surface area contributed by atoms with Crippen LogP contribution in [0, 0.1) is 5.92 Å². The van der Waals surface area contributed by atoms with Gasteiger partial charge in [0.2, 0.25) is 5.01 Å². The van der Waals surface area contributed by atoms with E-state index in [-0.39, 0.29) is 5.01 Å². The molecule has 0 aliphatic carbocycles. The topological polar surface area (TPSA) is 62.2 Å². The molecule has 0 bridgehead atoms. The molecular weight excluding hydrogens is 224 g/mol. The number of aromatic nitrogens is 1. The second kappa shape index (κ2) is 6.60. The van der Waals surface area contributed by atoms with Crippen LogP contribution in [-0.2, 0) is 6.54 Å². The van der Waals surface area contributed by atoms with Crippen molar-refractivity contribution in [1.82, 2.24) is 10.3 Å². The van der Waals surface area contributed by atoms with Gasteiger partial charge < -0.3 is 10.4 Å². The Kier molecular flexibility index (Phi) is 5.42. The van der Waals surface area contributed by atoms with E-state index in [1.54, 1.807) is 5.38 Å². The van der Waals surface area contributed by atoms with E-state index < -0.39 is 5.97 Å². The first-order chi connectivity index (χ1) is 7.67.